The van der Waals surface area contributed by atoms with Gasteiger partial charge in [0.1, 0.15) is 19.8 Å². The van der Waals surface area contributed by atoms with E-state index in [4.69, 9.17) is 18.5 Å². The van der Waals surface area contributed by atoms with Crippen LogP contribution in [0.2, 0.25) is 0 Å². The molecule has 10 heteroatoms. The molecule has 0 aromatic carbocycles. The van der Waals surface area contributed by atoms with E-state index in [0.717, 1.165) is 89.9 Å². The van der Waals surface area contributed by atoms with E-state index in [-0.39, 0.29) is 25.6 Å². The second kappa shape index (κ2) is 58.8. The normalized spacial score (nSPS) is 13.8. The van der Waals surface area contributed by atoms with Crippen molar-refractivity contribution in [2.24, 2.45) is 0 Å². The average molecular weight is 1110 g/mol. The number of nitrogens with zero attached hydrogens (tertiary/aromatic N) is 1. The SMILES string of the molecule is CC/C=C\C/C=C\C/C=C\C/C=C\C/C=C\C/C=C\C/C=C\CCCCCCCCCCCCCC(=O)OC(COC(=O)CCCCCCCCCCCCCCCCCCCCCCC)COP(=O)(O)OCC[N+](C)(C)C. The zero-order valence-corrected chi connectivity index (χ0v) is 52.3. The molecule has 0 aromatic rings. The summed E-state index contributed by atoms with van der Waals surface area (Å²) in [4.78, 5) is 35.8. The van der Waals surface area contributed by atoms with Crippen LogP contribution in [-0.4, -0.2) is 74.9 Å². The lowest BCUT2D eigenvalue weighted by Gasteiger charge is -2.24. The zero-order valence-electron chi connectivity index (χ0n) is 51.4. The minimum atomic E-state index is -4.39. The predicted molar refractivity (Wildman–Crippen MR) is 335 cm³/mol. The smallest absolute Gasteiger partial charge is 0.462 e. The highest BCUT2D eigenvalue weighted by molar-refractivity contribution is 7.47. The minimum Gasteiger partial charge on any atom is -0.462 e. The summed E-state index contributed by atoms with van der Waals surface area (Å²) in [7, 11) is 1.48. The molecule has 0 aliphatic carbocycles. The Morgan fingerprint density at radius 1 is 0.410 bits per heavy atom. The number of phosphoric ester groups is 1. The van der Waals surface area contributed by atoms with Crippen LogP contribution in [0.5, 0.6) is 0 Å². The Morgan fingerprint density at radius 3 is 1.09 bits per heavy atom. The van der Waals surface area contributed by atoms with E-state index in [2.05, 4.69) is 98.9 Å². The number of hydrogen-bond acceptors (Lipinski definition) is 7. The average Bonchev–Trinajstić information content (AvgIpc) is 3.41. The van der Waals surface area contributed by atoms with Gasteiger partial charge in [0.15, 0.2) is 6.10 Å². The summed E-state index contributed by atoms with van der Waals surface area (Å²) in [6.45, 7) is 4.35. The lowest BCUT2D eigenvalue weighted by molar-refractivity contribution is -0.870. The van der Waals surface area contributed by atoms with Crippen LogP contribution in [0.15, 0.2) is 85.1 Å². The first-order valence-corrected chi connectivity index (χ1v) is 33.8. The number of rotatable bonds is 59. The molecule has 0 radical (unpaired) electrons. The number of likely N-dealkylation sites (N-methyl/N-ethyl adjacent to an activating group) is 1. The lowest BCUT2D eigenvalue weighted by atomic mass is 10.0. The highest BCUT2D eigenvalue weighted by Gasteiger charge is 2.27. The number of quaternary nitrogens is 1. The predicted octanol–water partition coefficient (Wildman–Crippen LogP) is 20.6. The van der Waals surface area contributed by atoms with Crippen molar-refractivity contribution in [2.45, 2.75) is 290 Å². The monoisotopic (exact) mass is 1110 g/mol. The van der Waals surface area contributed by atoms with Crippen LogP contribution >= 0.6 is 7.82 Å². The molecule has 0 saturated heterocycles. The van der Waals surface area contributed by atoms with E-state index in [1.807, 2.05) is 21.1 Å². The summed E-state index contributed by atoms with van der Waals surface area (Å²) in [6, 6.07) is 0. The molecule has 9 nitrogen and oxygen atoms in total. The van der Waals surface area contributed by atoms with Gasteiger partial charge in [-0.05, 0) is 70.6 Å². The molecule has 2 unspecified atom stereocenters. The fourth-order valence-electron chi connectivity index (χ4n) is 9.00. The van der Waals surface area contributed by atoms with Crippen molar-refractivity contribution in [3.63, 3.8) is 0 Å². The summed E-state index contributed by atoms with van der Waals surface area (Å²) in [6.07, 6.45) is 79.5. The topological polar surface area (TPSA) is 108 Å². The van der Waals surface area contributed by atoms with Crippen molar-refractivity contribution in [3.8, 4) is 0 Å². The summed E-state index contributed by atoms with van der Waals surface area (Å²) < 4.78 is 34.7. The number of carbonyl (C=O) groups excluding carboxylic acids is 2. The highest BCUT2D eigenvalue weighted by atomic mass is 31.2. The van der Waals surface area contributed by atoms with Gasteiger partial charge in [-0.25, -0.2) is 4.57 Å². The third kappa shape index (κ3) is 62.4. The number of ether oxygens (including phenoxy) is 2. The van der Waals surface area contributed by atoms with Gasteiger partial charge >= 0.3 is 19.8 Å². The second-order valence-corrected chi connectivity index (χ2v) is 24.2. The maximum Gasteiger partial charge on any atom is 0.472 e. The van der Waals surface area contributed by atoms with Gasteiger partial charge in [-0.2, -0.15) is 0 Å². The van der Waals surface area contributed by atoms with Crippen molar-refractivity contribution in [3.05, 3.63) is 85.1 Å². The van der Waals surface area contributed by atoms with Crippen LogP contribution in [0.3, 0.4) is 0 Å². The standard InChI is InChI=1S/C68H122NO8P/c1-6-8-10-12-14-16-18-20-22-24-26-28-29-30-31-32-33-34-35-36-37-38-39-41-43-45-47-49-51-53-55-57-59-61-68(71)77-66(65-76-78(72,73)75-63-62-69(3,4)5)64-74-67(70)60-58-56-54-52-50-48-46-44-42-40-27-25-23-21-19-17-15-13-11-9-7-2/h8,10,14,16,20,22,26,28,30-31,33-34,36-37,66H,6-7,9,11-13,15,17-19,21,23-25,27,29,32,35,38-65H2,1-5H3/p+1/b10-8-,16-14-,22-20-,28-26-,31-30-,34-33-,37-36-. The van der Waals surface area contributed by atoms with Gasteiger partial charge < -0.3 is 18.9 Å². The fourth-order valence-corrected chi connectivity index (χ4v) is 9.74. The molecule has 0 rings (SSSR count). The number of unbranched alkanes of at least 4 members (excludes halogenated alkanes) is 31. The van der Waals surface area contributed by atoms with Crippen molar-refractivity contribution in [1.29, 1.82) is 0 Å². The number of hydrogen-bond donors (Lipinski definition) is 1. The van der Waals surface area contributed by atoms with Gasteiger partial charge in [-0.3, -0.25) is 18.6 Å². The Labute approximate surface area is 481 Å². The van der Waals surface area contributed by atoms with Gasteiger partial charge in [0.05, 0.1) is 27.7 Å². The fraction of sp³-hybridized carbons (Fsp3) is 0.765. The van der Waals surface area contributed by atoms with E-state index in [1.165, 1.54) is 161 Å². The summed E-state index contributed by atoms with van der Waals surface area (Å²) >= 11 is 0. The third-order valence-electron chi connectivity index (χ3n) is 13.9. The Hall–Kier alpha value is -2.81. The van der Waals surface area contributed by atoms with E-state index in [1.54, 1.807) is 0 Å². The molecule has 0 aliphatic rings. The molecule has 452 valence electrons. The van der Waals surface area contributed by atoms with Gasteiger partial charge in [-0.15, -0.1) is 0 Å². The van der Waals surface area contributed by atoms with E-state index < -0.39 is 26.5 Å². The van der Waals surface area contributed by atoms with E-state index in [0.29, 0.717) is 23.9 Å². The number of phosphoric acid groups is 1. The van der Waals surface area contributed by atoms with Crippen LogP contribution < -0.4 is 0 Å². The summed E-state index contributed by atoms with van der Waals surface area (Å²) in [5.41, 5.74) is 0. The van der Waals surface area contributed by atoms with E-state index >= 15 is 0 Å². The molecule has 0 amide bonds. The van der Waals surface area contributed by atoms with Gasteiger partial charge in [0, 0.05) is 12.8 Å². The van der Waals surface area contributed by atoms with Crippen molar-refractivity contribution in [2.75, 3.05) is 47.5 Å². The molecule has 0 heterocycles. The minimum absolute atomic E-state index is 0.0297. The van der Waals surface area contributed by atoms with Gasteiger partial charge in [0.2, 0.25) is 0 Å². The number of allylic oxidation sites excluding steroid dienone is 14. The molecule has 0 bridgehead atoms. The first-order chi connectivity index (χ1) is 38.0. The molecular weight excluding hydrogens is 990 g/mol. The Balaban J connectivity index is 4.10. The molecular formula is C68H123NO8P+. The van der Waals surface area contributed by atoms with Crippen molar-refractivity contribution >= 4 is 19.8 Å². The first kappa shape index (κ1) is 75.2. The molecule has 0 aliphatic heterocycles. The van der Waals surface area contributed by atoms with Crippen LogP contribution in [0.1, 0.15) is 284 Å². The van der Waals surface area contributed by atoms with Crippen LogP contribution in [0.4, 0.5) is 0 Å². The van der Waals surface area contributed by atoms with Crippen molar-refractivity contribution in [1.82, 2.24) is 0 Å². The largest absolute Gasteiger partial charge is 0.472 e. The molecule has 78 heavy (non-hydrogen) atoms. The van der Waals surface area contributed by atoms with Crippen LogP contribution in [0.25, 0.3) is 0 Å². The van der Waals surface area contributed by atoms with E-state index in [9.17, 15) is 19.0 Å². The maximum absolute atomic E-state index is 12.9. The molecule has 0 spiro atoms. The molecule has 0 fully saturated rings. The molecule has 0 saturated carbocycles. The highest BCUT2D eigenvalue weighted by Crippen LogP contribution is 2.43. The second-order valence-electron chi connectivity index (χ2n) is 22.8. The zero-order chi connectivity index (χ0) is 57.0. The maximum atomic E-state index is 12.9. The lowest BCUT2D eigenvalue weighted by Crippen LogP contribution is -2.37. The first-order valence-electron chi connectivity index (χ1n) is 32.3. The molecule has 0 aromatic heterocycles. The third-order valence-corrected chi connectivity index (χ3v) is 14.9. The Bertz CT molecular complexity index is 1590. The molecule has 1 N–H and O–H groups in total. The quantitative estimate of drug-likeness (QED) is 0.0211. The van der Waals surface area contributed by atoms with Crippen molar-refractivity contribution < 1.29 is 42.1 Å². The summed E-state index contributed by atoms with van der Waals surface area (Å²) in [5.74, 6) is -0.792. The van der Waals surface area contributed by atoms with Gasteiger partial charge in [-0.1, -0.05) is 285 Å². The van der Waals surface area contributed by atoms with Crippen LogP contribution in [-0.2, 0) is 32.7 Å². The summed E-state index contributed by atoms with van der Waals surface area (Å²) in [5, 5.41) is 0. The Kier molecular flexibility index (Phi) is 56.7. The number of esters is 2. The molecule has 2 atom stereocenters. The van der Waals surface area contributed by atoms with Crippen LogP contribution in [0, 0.1) is 0 Å². The number of carbonyl (C=O) groups is 2. The van der Waals surface area contributed by atoms with Gasteiger partial charge in [0.25, 0.3) is 0 Å². The Morgan fingerprint density at radius 2 is 0.731 bits per heavy atom.